The standard InChI is InChI=1S/C16H19NO2/c1-19-10-9-15(17)16(18)11-13-7-4-6-12-5-2-3-8-14(12)13/h2-8,15H,9-11,17H2,1H3. The van der Waals surface area contributed by atoms with Gasteiger partial charge in [0.15, 0.2) is 5.78 Å². The van der Waals surface area contributed by atoms with Crippen molar-refractivity contribution in [1.29, 1.82) is 0 Å². The van der Waals surface area contributed by atoms with Gasteiger partial charge in [0, 0.05) is 20.1 Å². The molecule has 1 unspecified atom stereocenters. The number of methoxy groups -OCH3 is 1. The summed E-state index contributed by atoms with van der Waals surface area (Å²) < 4.78 is 4.95. The first-order valence-electron chi connectivity index (χ1n) is 6.46. The minimum Gasteiger partial charge on any atom is -0.385 e. The molecule has 0 amide bonds. The van der Waals surface area contributed by atoms with Gasteiger partial charge in [-0.05, 0) is 22.8 Å². The average molecular weight is 257 g/mol. The number of rotatable bonds is 6. The van der Waals surface area contributed by atoms with E-state index >= 15 is 0 Å². The molecular formula is C16H19NO2. The fourth-order valence-corrected chi connectivity index (χ4v) is 2.17. The van der Waals surface area contributed by atoms with Crippen LogP contribution < -0.4 is 5.73 Å². The molecule has 0 aromatic heterocycles. The summed E-state index contributed by atoms with van der Waals surface area (Å²) in [4.78, 5) is 12.1. The Morgan fingerprint density at radius 1 is 1.21 bits per heavy atom. The summed E-state index contributed by atoms with van der Waals surface area (Å²) in [5, 5.41) is 2.27. The van der Waals surface area contributed by atoms with Crippen molar-refractivity contribution in [2.75, 3.05) is 13.7 Å². The maximum Gasteiger partial charge on any atom is 0.153 e. The summed E-state index contributed by atoms with van der Waals surface area (Å²) in [5.41, 5.74) is 6.90. The van der Waals surface area contributed by atoms with E-state index in [9.17, 15) is 4.79 Å². The number of fused-ring (bicyclic) bond motifs is 1. The van der Waals surface area contributed by atoms with Crippen molar-refractivity contribution in [2.24, 2.45) is 5.73 Å². The van der Waals surface area contributed by atoms with Gasteiger partial charge in [0.2, 0.25) is 0 Å². The Hall–Kier alpha value is -1.71. The van der Waals surface area contributed by atoms with Crippen molar-refractivity contribution in [3.05, 3.63) is 48.0 Å². The first kappa shape index (κ1) is 13.7. The van der Waals surface area contributed by atoms with Crippen molar-refractivity contribution >= 4 is 16.6 Å². The number of Topliss-reactive ketones (excluding diaryl/α,β-unsaturated/α-hetero) is 1. The maximum atomic E-state index is 12.1. The van der Waals surface area contributed by atoms with Gasteiger partial charge >= 0.3 is 0 Å². The monoisotopic (exact) mass is 257 g/mol. The predicted octanol–water partition coefficient (Wildman–Crippen LogP) is 2.32. The number of hydrogen-bond acceptors (Lipinski definition) is 3. The van der Waals surface area contributed by atoms with Gasteiger partial charge in [0.05, 0.1) is 6.04 Å². The van der Waals surface area contributed by atoms with Crippen LogP contribution in [0.25, 0.3) is 10.8 Å². The number of ether oxygens (including phenoxy) is 1. The zero-order chi connectivity index (χ0) is 13.7. The first-order chi connectivity index (χ1) is 9.22. The van der Waals surface area contributed by atoms with Gasteiger partial charge < -0.3 is 10.5 Å². The summed E-state index contributed by atoms with van der Waals surface area (Å²) in [6, 6.07) is 13.6. The molecule has 0 bridgehead atoms. The van der Waals surface area contributed by atoms with E-state index in [-0.39, 0.29) is 5.78 Å². The highest BCUT2D eigenvalue weighted by Crippen LogP contribution is 2.19. The van der Waals surface area contributed by atoms with Gasteiger partial charge in [-0.2, -0.15) is 0 Å². The highest BCUT2D eigenvalue weighted by atomic mass is 16.5. The Labute approximate surface area is 113 Å². The highest BCUT2D eigenvalue weighted by Gasteiger charge is 2.14. The van der Waals surface area contributed by atoms with E-state index in [1.165, 1.54) is 0 Å². The van der Waals surface area contributed by atoms with E-state index in [0.29, 0.717) is 19.4 Å². The number of ketones is 1. The molecule has 0 saturated heterocycles. The van der Waals surface area contributed by atoms with Crippen LogP contribution in [-0.2, 0) is 16.0 Å². The molecule has 1 atom stereocenters. The number of benzene rings is 2. The normalized spacial score (nSPS) is 12.5. The Bertz CT molecular complexity index is 560. The molecule has 0 aliphatic heterocycles. The number of carbonyl (C=O) groups is 1. The highest BCUT2D eigenvalue weighted by molar-refractivity contribution is 5.92. The van der Waals surface area contributed by atoms with Crippen molar-refractivity contribution < 1.29 is 9.53 Å². The fourth-order valence-electron chi connectivity index (χ4n) is 2.17. The molecule has 2 rings (SSSR count). The fraction of sp³-hybridized carbons (Fsp3) is 0.312. The summed E-state index contributed by atoms with van der Waals surface area (Å²) in [5.74, 6) is 0.0633. The van der Waals surface area contributed by atoms with Gasteiger partial charge in [-0.15, -0.1) is 0 Å². The van der Waals surface area contributed by atoms with Crippen LogP contribution in [0.4, 0.5) is 0 Å². The SMILES string of the molecule is COCCC(N)C(=O)Cc1cccc2ccccc12. The van der Waals surface area contributed by atoms with Gasteiger partial charge in [-0.25, -0.2) is 0 Å². The largest absolute Gasteiger partial charge is 0.385 e. The van der Waals surface area contributed by atoms with E-state index in [1.807, 2.05) is 42.5 Å². The molecular weight excluding hydrogens is 238 g/mol. The second-order valence-electron chi connectivity index (χ2n) is 4.67. The van der Waals surface area contributed by atoms with Gasteiger partial charge in [-0.3, -0.25) is 4.79 Å². The lowest BCUT2D eigenvalue weighted by atomic mass is 9.97. The van der Waals surface area contributed by atoms with Crippen molar-refractivity contribution in [3.8, 4) is 0 Å². The molecule has 2 aromatic carbocycles. The third-order valence-electron chi connectivity index (χ3n) is 3.29. The van der Waals surface area contributed by atoms with E-state index < -0.39 is 6.04 Å². The third kappa shape index (κ3) is 3.40. The summed E-state index contributed by atoms with van der Waals surface area (Å²) >= 11 is 0. The molecule has 2 N–H and O–H groups in total. The van der Waals surface area contributed by atoms with Crippen molar-refractivity contribution in [2.45, 2.75) is 18.9 Å². The smallest absolute Gasteiger partial charge is 0.153 e. The van der Waals surface area contributed by atoms with E-state index in [1.54, 1.807) is 7.11 Å². The summed E-state index contributed by atoms with van der Waals surface area (Å²) in [6.07, 6.45) is 0.951. The Morgan fingerprint density at radius 3 is 2.74 bits per heavy atom. The van der Waals surface area contributed by atoms with Crippen LogP contribution in [0.1, 0.15) is 12.0 Å². The van der Waals surface area contributed by atoms with Gasteiger partial charge in [0.1, 0.15) is 0 Å². The van der Waals surface area contributed by atoms with Crippen LogP contribution in [0, 0.1) is 0 Å². The predicted molar refractivity (Wildman–Crippen MR) is 77.1 cm³/mol. The van der Waals surface area contributed by atoms with Crippen molar-refractivity contribution in [3.63, 3.8) is 0 Å². The number of nitrogens with two attached hydrogens (primary N) is 1. The Balaban J connectivity index is 2.15. The lowest BCUT2D eigenvalue weighted by Gasteiger charge is -2.11. The van der Waals surface area contributed by atoms with Crippen LogP contribution >= 0.6 is 0 Å². The molecule has 0 heterocycles. The van der Waals surface area contributed by atoms with E-state index in [4.69, 9.17) is 10.5 Å². The lowest BCUT2D eigenvalue weighted by Crippen LogP contribution is -2.32. The van der Waals surface area contributed by atoms with Crippen LogP contribution in [-0.4, -0.2) is 25.5 Å². The van der Waals surface area contributed by atoms with Crippen molar-refractivity contribution in [1.82, 2.24) is 0 Å². The Morgan fingerprint density at radius 2 is 1.95 bits per heavy atom. The Kier molecular flexibility index (Phi) is 4.66. The molecule has 100 valence electrons. The topological polar surface area (TPSA) is 52.3 Å². The minimum absolute atomic E-state index is 0.0633. The molecule has 0 aliphatic rings. The van der Waals surface area contributed by atoms with Gasteiger partial charge in [0.25, 0.3) is 0 Å². The number of carbonyl (C=O) groups excluding carboxylic acids is 1. The van der Waals surface area contributed by atoms with Crippen LogP contribution in [0.3, 0.4) is 0 Å². The van der Waals surface area contributed by atoms with Crippen LogP contribution in [0.2, 0.25) is 0 Å². The van der Waals surface area contributed by atoms with Crippen LogP contribution in [0.5, 0.6) is 0 Å². The third-order valence-corrected chi connectivity index (χ3v) is 3.29. The average Bonchev–Trinajstić information content (AvgIpc) is 2.45. The lowest BCUT2D eigenvalue weighted by molar-refractivity contribution is -0.120. The van der Waals surface area contributed by atoms with E-state index in [0.717, 1.165) is 16.3 Å². The minimum atomic E-state index is -0.445. The second kappa shape index (κ2) is 6.45. The molecule has 3 heteroatoms. The second-order valence-corrected chi connectivity index (χ2v) is 4.67. The quantitative estimate of drug-likeness (QED) is 0.864. The zero-order valence-corrected chi connectivity index (χ0v) is 11.1. The zero-order valence-electron chi connectivity index (χ0n) is 11.1. The number of hydrogen-bond donors (Lipinski definition) is 1. The molecule has 0 spiro atoms. The van der Waals surface area contributed by atoms with Gasteiger partial charge in [-0.1, -0.05) is 42.5 Å². The summed E-state index contributed by atoms with van der Waals surface area (Å²) in [6.45, 7) is 0.516. The molecule has 0 aliphatic carbocycles. The van der Waals surface area contributed by atoms with Crippen LogP contribution in [0.15, 0.2) is 42.5 Å². The van der Waals surface area contributed by atoms with E-state index in [2.05, 4.69) is 0 Å². The molecule has 2 aromatic rings. The maximum absolute atomic E-state index is 12.1. The molecule has 3 nitrogen and oxygen atoms in total. The first-order valence-corrected chi connectivity index (χ1v) is 6.46. The molecule has 19 heavy (non-hydrogen) atoms. The molecule has 0 radical (unpaired) electrons. The molecule has 0 saturated carbocycles. The summed E-state index contributed by atoms with van der Waals surface area (Å²) in [7, 11) is 1.61. The molecule has 0 fully saturated rings.